The summed E-state index contributed by atoms with van der Waals surface area (Å²) in [6, 6.07) is -5.21. The van der Waals surface area contributed by atoms with Gasteiger partial charge < -0.3 is 47.8 Å². The van der Waals surface area contributed by atoms with Crippen molar-refractivity contribution < 1.29 is 74.6 Å². The monoisotopic (exact) mass is 568 g/mol. The van der Waals surface area contributed by atoms with Gasteiger partial charge >= 0.3 is 35.5 Å². The first kappa shape index (κ1) is 35.7. The van der Waals surface area contributed by atoms with Crippen LogP contribution in [0.3, 0.4) is 0 Å². The van der Waals surface area contributed by atoms with Gasteiger partial charge in [-0.2, -0.15) is 0 Å². The fraction of sp³-hybridized carbons (Fsp3) is 0.619. The van der Waals surface area contributed by atoms with Gasteiger partial charge in [-0.15, -0.1) is 0 Å². The second-order valence-electron chi connectivity index (χ2n) is 8.31. The molecule has 0 aromatic rings. The fourth-order valence-corrected chi connectivity index (χ4v) is 3.08. The predicted molar refractivity (Wildman–Crippen MR) is 129 cm³/mol. The molecule has 5 amide bonds. The number of carboxylic acids is 1. The van der Waals surface area contributed by atoms with Crippen molar-refractivity contribution >= 4 is 47.7 Å². The molecule has 0 fully saturated rings. The van der Waals surface area contributed by atoms with Gasteiger partial charge in [0.15, 0.2) is 0 Å². The van der Waals surface area contributed by atoms with E-state index in [4.69, 9.17) is 30.0 Å². The van der Waals surface area contributed by atoms with Gasteiger partial charge in [0, 0.05) is 18.8 Å². The van der Waals surface area contributed by atoms with E-state index < -0.39 is 78.8 Å². The number of hydrogen-bond donors (Lipinski definition) is 9. The molecule has 17 nitrogen and oxygen atoms in total. The van der Waals surface area contributed by atoms with E-state index in [1.54, 1.807) is 0 Å². The molecular formula is C21H37N9NaO8+. The van der Waals surface area contributed by atoms with E-state index in [0.29, 0.717) is 13.0 Å². The second-order valence-corrected chi connectivity index (χ2v) is 8.31. The molecule has 0 aliphatic heterocycles. The van der Waals surface area contributed by atoms with Crippen molar-refractivity contribution in [3.63, 3.8) is 0 Å². The van der Waals surface area contributed by atoms with Crippen molar-refractivity contribution in [2.45, 2.75) is 75.5 Å². The molecule has 0 spiro atoms. The van der Waals surface area contributed by atoms with E-state index in [0.717, 1.165) is 0 Å². The molecule has 0 aliphatic rings. The number of carbonyl (C=O) groups is 7. The Bertz CT molecular complexity index is 949. The van der Waals surface area contributed by atoms with Crippen LogP contribution in [0.15, 0.2) is 0 Å². The number of primary amides is 2. The van der Waals surface area contributed by atoms with E-state index >= 15 is 0 Å². The van der Waals surface area contributed by atoms with Crippen molar-refractivity contribution in [1.82, 2.24) is 16.0 Å². The molecule has 0 saturated carbocycles. The van der Waals surface area contributed by atoms with E-state index in [9.17, 15) is 38.7 Å². The molecule has 0 rings (SSSR count). The Kier molecular flexibility index (Phi) is 18.9. The first-order chi connectivity index (χ1) is 18.1. The second kappa shape index (κ2) is 20.7. The number of aldehydes is 1. The maximum atomic E-state index is 12.9. The summed E-state index contributed by atoms with van der Waals surface area (Å²) in [4.78, 5) is 85.4. The van der Waals surface area contributed by atoms with E-state index in [1.165, 1.54) is 0 Å². The van der Waals surface area contributed by atoms with E-state index in [2.05, 4.69) is 20.9 Å². The quantitative estimate of drug-likeness (QED) is 0.0218. The van der Waals surface area contributed by atoms with Gasteiger partial charge in [-0.05, 0) is 38.5 Å². The zero-order valence-corrected chi connectivity index (χ0v) is 23.8. The molecule has 0 aromatic heterocycles. The summed E-state index contributed by atoms with van der Waals surface area (Å²) < 4.78 is 6.95. The number of guanidine groups is 1. The molecule has 0 aliphatic carbocycles. The minimum atomic E-state index is -1.45. The molecule has 0 aromatic carbocycles. The smallest absolute Gasteiger partial charge is 0.550 e. The minimum Gasteiger partial charge on any atom is -0.550 e. The van der Waals surface area contributed by atoms with Crippen molar-refractivity contribution in [1.29, 1.82) is 0 Å². The Hall–Kier alpha value is -3.28. The van der Waals surface area contributed by atoms with Crippen LogP contribution in [0, 0.1) is 0 Å². The normalized spacial score (nSPS) is 13.6. The number of nitrogens with one attached hydrogen (secondary N) is 4. The molecule has 214 valence electrons. The zero-order chi connectivity index (χ0) is 30.1. The Balaban J connectivity index is 0. The maximum Gasteiger partial charge on any atom is 1.00 e. The van der Waals surface area contributed by atoms with Crippen molar-refractivity contribution in [2.24, 2.45) is 28.7 Å². The number of carboxylic acid groups (broad SMARTS) is 1. The summed E-state index contributed by atoms with van der Waals surface area (Å²) in [6.07, 6.45) is -2.73. The maximum absolute atomic E-state index is 12.9. The van der Waals surface area contributed by atoms with Gasteiger partial charge in [-0.1, -0.05) is 0 Å². The van der Waals surface area contributed by atoms with Crippen LogP contribution in [0.1, 0.15) is 52.7 Å². The van der Waals surface area contributed by atoms with Gasteiger partial charge in [-0.25, -0.2) is 0 Å². The van der Waals surface area contributed by atoms with Crippen LogP contribution >= 0.6 is 0 Å². The topological polar surface area (TPSA) is 323 Å². The number of rotatable bonds is 20. The van der Waals surface area contributed by atoms with Gasteiger partial charge in [0.1, 0.15) is 25.8 Å². The Morgan fingerprint density at radius 1 is 0.821 bits per heavy atom. The van der Waals surface area contributed by atoms with Crippen molar-refractivity contribution in [3.8, 4) is 0 Å². The van der Waals surface area contributed by atoms with Gasteiger partial charge in [0.05, 0.1) is 12.6 Å². The summed E-state index contributed by atoms with van der Waals surface area (Å²) in [6.45, 7) is 0.307. The summed E-state index contributed by atoms with van der Waals surface area (Å²) in [7, 11) is 0. The predicted octanol–water partition coefficient (Wildman–Crippen LogP) is -10.8. The average Bonchev–Trinajstić information content (AvgIpc) is 2.83. The standard InChI is InChI=1S/C21H37N9O8.Na/c22-11(5-8-16(33)34)19(37)30-14(20(38)29-13(18(24)36)4-2-10-31)6-7-15(32)28-12(17(23)35)3-1-9-27-21(25)26;/h10-14H,1-9,22H2,(H2,23,35)(H2,24,36)(H,28,32)(H,29,38)(H,30,37)(H,33,34)(H4,25,26,27);/q;+1/i10T;. The summed E-state index contributed by atoms with van der Waals surface area (Å²) in [5, 5.41) is 17.6. The molecule has 0 bridgehead atoms. The van der Waals surface area contributed by atoms with Crippen LogP contribution in [0.25, 0.3) is 0 Å². The third-order valence-electron chi connectivity index (χ3n) is 5.16. The van der Waals surface area contributed by atoms with Crippen LogP contribution in [0.4, 0.5) is 0 Å². The van der Waals surface area contributed by atoms with Crippen molar-refractivity contribution in [2.75, 3.05) is 6.54 Å². The zero-order valence-electron chi connectivity index (χ0n) is 22.8. The summed E-state index contributed by atoms with van der Waals surface area (Å²) >= 11 is 0. The largest absolute Gasteiger partial charge is 1.00 e. The summed E-state index contributed by atoms with van der Waals surface area (Å²) in [5.41, 5.74) is 26.8. The molecule has 14 N–H and O–H groups in total. The first-order valence-corrected chi connectivity index (χ1v) is 11.7. The average molecular weight is 569 g/mol. The number of hydrogen-bond acceptors (Lipinski definition) is 9. The third kappa shape index (κ3) is 17.8. The van der Waals surface area contributed by atoms with Gasteiger partial charge in [0.2, 0.25) is 29.5 Å². The molecule has 0 saturated heterocycles. The summed E-state index contributed by atoms with van der Waals surface area (Å²) in [5.74, 6) is -5.87. The number of aliphatic carboxylic acids is 1. The number of carbonyl (C=O) groups excluding carboxylic acids is 7. The molecule has 0 radical (unpaired) electrons. The number of amides is 5. The van der Waals surface area contributed by atoms with Crippen LogP contribution < -0.4 is 84.3 Å². The van der Waals surface area contributed by atoms with E-state index in [-0.39, 0.29) is 67.6 Å². The first-order valence-electron chi connectivity index (χ1n) is 12.2. The fourth-order valence-electron chi connectivity index (χ4n) is 3.08. The molecule has 4 atom stereocenters. The van der Waals surface area contributed by atoms with Crippen LogP contribution in [0.5, 0.6) is 0 Å². The molecule has 4 unspecified atom stereocenters. The third-order valence-corrected chi connectivity index (χ3v) is 5.16. The molecular weight excluding hydrogens is 529 g/mol. The Morgan fingerprint density at radius 2 is 1.38 bits per heavy atom. The minimum absolute atomic E-state index is 0. The molecule has 18 heteroatoms. The molecule has 39 heavy (non-hydrogen) atoms. The van der Waals surface area contributed by atoms with Crippen LogP contribution in [-0.4, -0.2) is 78.4 Å². The number of nitrogens with two attached hydrogens (primary N) is 5. The van der Waals surface area contributed by atoms with Gasteiger partial charge in [-0.3, -0.25) is 40.4 Å². The van der Waals surface area contributed by atoms with E-state index in [1.807, 2.05) is 0 Å². The van der Waals surface area contributed by atoms with Crippen LogP contribution in [0.2, 0.25) is 0 Å². The Morgan fingerprint density at radius 3 is 1.90 bits per heavy atom. The molecule has 0 heterocycles. The van der Waals surface area contributed by atoms with Crippen LogP contribution in [-0.2, 0) is 33.6 Å². The van der Waals surface area contributed by atoms with Gasteiger partial charge in [0.25, 0.3) is 0 Å². The van der Waals surface area contributed by atoms with Crippen molar-refractivity contribution in [3.05, 3.63) is 0 Å². The SMILES string of the molecule is [3H]C(=O)CCC(NC(=O)C(CCC(=O)NC(CCC[NH+]=C(N)N)C(N)=O)NC(=O)C(N)CCC(=O)[O-])C(N)=O.[Na+]. The Labute approximate surface area is 248 Å².